The highest BCUT2D eigenvalue weighted by Gasteiger charge is 2.11. The molecule has 1 aromatic carbocycles. The molecule has 1 rings (SSSR count). The molecule has 1 aromatic rings. The predicted octanol–water partition coefficient (Wildman–Crippen LogP) is 0.969. The Kier molecular flexibility index (Phi) is 5.82. The first-order valence-electron chi connectivity index (χ1n) is 6.02. The molecule has 100 valence electrons. The van der Waals surface area contributed by atoms with Crippen LogP contribution in [-0.2, 0) is 16.0 Å². The molecule has 0 heterocycles. The van der Waals surface area contributed by atoms with Crippen molar-refractivity contribution in [1.82, 2.24) is 5.32 Å². The summed E-state index contributed by atoms with van der Waals surface area (Å²) in [6.07, 6.45) is 0.321. The number of aryl methyl sites for hydroxylation is 2. The highest BCUT2D eigenvalue weighted by Crippen LogP contribution is 2.10. The minimum atomic E-state index is -0.339. The van der Waals surface area contributed by atoms with Crippen LogP contribution in [0.4, 0.5) is 0 Å². The summed E-state index contributed by atoms with van der Waals surface area (Å²) in [5.41, 5.74) is 3.37. The molecule has 0 spiro atoms. The molecular weight excluding hydrogens is 230 g/mol. The maximum atomic E-state index is 11.8. The van der Waals surface area contributed by atoms with Crippen LogP contribution in [0.5, 0.6) is 0 Å². The second kappa shape index (κ2) is 7.13. The van der Waals surface area contributed by atoms with E-state index in [4.69, 9.17) is 9.84 Å². The van der Waals surface area contributed by atoms with Gasteiger partial charge in [-0.2, -0.15) is 0 Å². The number of nitrogens with one attached hydrogen (secondary N) is 1. The zero-order chi connectivity index (χ0) is 13.5. The van der Waals surface area contributed by atoms with Crippen LogP contribution in [0.15, 0.2) is 18.2 Å². The smallest absolute Gasteiger partial charge is 0.224 e. The van der Waals surface area contributed by atoms with Crippen LogP contribution >= 0.6 is 0 Å². The molecular formula is C14H21NO3. The summed E-state index contributed by atoms with van der Waals surface area (Å²) < 4.78 is 4.91. The van der Waals surface area contributed by atoms with Crippen molar-refractivity contribution in [2.24, 2.45) is 0 Å². The fourth-order valence-corrected chi connectivity index (χ4v) is 1.72. The third kappa shape index (κ3) is 4.47. The van der Waals surface area contributed by atoms with Gasteiger partial charge in [0.05, 0.1) is 25.7 Å². The largest absolute Gasteiger partial charge is 0.394 e. The zero-order valence-electron chi connectivity index (χ0n) is 11.2. The number of benzene rings is 1. The van der Waals surface area contributed by atoms with Gasteiger partial charge in [-0.1, -0.05) is 18.2 Å². The Morgan fingerprint density at radius 2 is 2.11 bits per heavy atom. The Morgan fingerprint density at radius 3 is 2.67 bits per heavy atom. The van der Waals surface area contributed by atoms with Crippen molar-refractivity contribution in [3.05, 3.63) is 34.9 Å². The number of carbonyl (C=O) groups is 1. The van der Waals surface area contributed by atoms with E-state index < -0.39 is 0 Å². The second-order valence-corrected chi connectivity index (χ2v) is 4.50. The van der Waals surface area contributed by atoms with Crippen LogP contribution in [0.3, 0.4) is 0 Å². The lowest BCUT2D eigenvalue weighted by Crippen LogP contribution is -2.41. The van der Waals surface area contributed by atoms with Gasteiger partial charge in [0.15, 0.2) is 0 Å². The summed E-state index contributed by atoms with van der Waals surface area (Å²) in [5, 5.41) is 11.8. The first-order chi connectivity index (χ1) is 8.56. The number of rotatable bonds is 6. The van der Waals surface area contributed by atoms with Gasteiger partial charge in [0.2, 0.25) is 5.91 Å². The molecule has 1 unspecified atom stereocenters. The van der Waals surface area contributed by atoms with Crippen LogP contribution in [-0.4, -0.2) is 37.4 Å². The van der Waals surface area contributed by atoms with Gasteiger partial charge in [0.25, 0.3) is 0 Å². The highest BCUT2D eigenvalue weighted by molar-refractivity contribution is 5.79. The summed E-state index contributed by atoms with van der Waals surface area (Å²) in [6, 6.07) is 5.64. The number of aliphatic hydroxyl groups excluding tert-OH is 1. The van der Waals surface area contributed by atoms with Gasteiger partial charge in [-0.15, -0.1) is 0 Å². The Bertz CT molecular complexity index is 404. The lowest BCUT2D eigenvalue weighted by Gasteiger charge is -2.15. The van der Waals surface area contributed by atoms with E-state index in [9.17, 15) is 4.79 Å². The number of aliphatic hydroxyl groups is 1. The minimum Gasteiger partial charge on any atom is -0.394 e. The zero-order valence-corrected chi connectivity index (χ0v) is 11.2. The van der Waals surface area contributed by atoms with Gasteiger partial charge < -0.3 is 15.2 Å². The van der Waals surface area contributed by atoms with Crippen molar-refractivity contribution in [3.63, 3.8) is 0 Å². The third-order valence-corrected chi connectivity index (χ3v) is 2.89. The van der Waals surface area contributed by atoms with E-state index in [0.717, 1.165) is 5.56 Å². The van der Waals surface area contributed by atoms with Crippen LogP contribution < -0.4 is 5.32 Å². The average Bonchev–Trinajstić information content (AvgIpc) is 2.33. The first-order valence-corrected chi connectivity index (χ1v) is 6.02. The van der Waals surface area contributed by atoms with Crippen molar-refractivity contribution in [2.45, 2.75) is 26.3 Å². The van der Waals surface area contributed by atoms with Crippen molar-refractivity contribution in [1.29, 1.82) is 0 Å². The normalized spacial score (nSPS) is 12.2. The number of amides is 1. The SMILES string of the molecule is COCC(CO)NC(=O)Cc1ccc(C)c(C)c1. The lowest BCUT2D eigenvalue weighted by molar-refractivity contribution is -0.121. The predicted molar refractivity (Wildman–Crippen MR) is 70.5 cm³/mol. The van der Waals surface area contributed by atoms with Crippen molar-refractivity contribution in [2.75, 3.05) is 20.3 Å². The van der Waals surface area contributed by atoms with Gasteiger partial charge >= 0.3 is 0 Å². The maximum Gasteiger partial charge on any atom is 0.224 e. The molecule has 2 N–H and O–H groups in total. The minimum absolute atomic E-state index is 0.102. The van der Waals surface area contributed by atoms with E-state index in [2.05, 4.69) is 5.32 Å². The highest BCUT2D eigenvalue weighted by atomic mass is 16.5. The molecule has 4 nitrogen and oxygen atoms in total. The van der Waals surface area contributed by atoms with Gasteiger partial charge in [0.1, 0.15) is 0 Å². The molecule has 0 aliphatic heterocycles. The standard InChI is InChI=1S/C14H21NO3/c1-10-4-5-12(6-11(10)2)7-14(17)15-13(8-16)9-18-3/h4-6,13,16H,7-9H2,1-3H3,(H,15,17). The molecule has 0 fully saturated rings. The molecule has 0 bridgehead atoms. The van der Waals surface area contributed by atoms with E-state index in [1.165, 1.54) is 18.2 Å². The van der Waals surface area contributed by atoms with Crippen molar-refractivity contribution in [3.8, 4) is 0 Å². The number of hydrogen-bond donors (Lipinski definition) is 2. The van der Waals surface area contributed by atoms with Gasteiger partial charge in [-0.3, -0.25) is 4.79 Å². The van der Waals surface area contributed by atoms with Crippen molar-refractivity contribution >= 4 is 5.91 Å². The molecule has 0 aromatic heterocycles. The third-order valence-electron chi connectivity index (χ3n) is 2.89. The van der Waals surface area contributed by atoms with Crippen LogP contribution in [0.1, 0.15) is 16.7 Å². The molecule has 4 heteroatoms. The molecule has 1 amide bonds. The van der Waals surface area contributed by atoms with Crippen LogP contribution in [0, 0.1) is 13.8 Å². The maximum absolute atomic E-state index is 11.8. The Balaban J connectivity index is 2.55. The lowest BCUT2D eigenvalue weighted by atomic mass is 10.0. The number of carbonyl (C=O) groups excluding carboxylic acids is 1. The monoisotopic (exact) mass is 251 g/mol. The van der Waals surface area contributed by atoms with E-state index in [1.807, 2.05) is 32.0 Å². The van der Waals surface area contributed by atoms with E-state index in [-0.39, 0.29) is 18.6 Å². The topological polar surface area (TPSA) is 58.6 Å². The quantitative estimate of drug-likeness (QED) is 0.792. The first kappa shape index (κ1) is 14.7. The molecule has 0 saturated heterocycles. The van der Waals surface area contributed by atoms with Crippen LogP contribution in [0.25, 0.3) is 0 Å². The fourth-order valence-electron chi connectivity index (χ4n) is 1.72. The number of ether oxygens (including phenoxy) is 1. The molecule has 0 aliphatic rings. The summed E-state index contributed by atoms with van der Waals surface area (Å²) in [7, 11) is 1.54. The fraction of sp³-hybridized carbons (Fsp3) is 0.500. The van der Waals surface area contributed by atoms with Crippen molar-refractivity contribution < 1.29 is 14.6 Å². The Labute approximate surface area is 108 Å². The molecule has 0 radical (unpaired) electrons. The van der Waals surface area contributed by atoms with E-state index in [0.29, 0.717) is 13.0 Å². The van der Waals surface area contributed by atoms with Gasteiger partial charge in [-0.25, -0.2) is 0 Å². The van der Waals surface area contributed by atoms with Crippen LogP contribution in [0.2, 0.25) is 0 Å². The Hall–Kier alpha value is -1.39. The summed E-state index contributed by atoms with van der Waals surface area (Å²) >= 11 is 0. The summed E-state index contributed by atoms with van der Waals surface area (Å²) in [5.74, 6) is -0.102. The number of methoxy groups -OCH3 is 1. The Morgan fingerprint density at radius 1 is 1.39 bits per heavy atom. The van der Waals surface area contributed by atoms with Gasteiger partial charge in [0, 0.05) is 7.11 Å². The molecule has 0 saturated carbocycles. The second-order valence-electron chi connectivity index (χ2n) is 4.50. The summed E-state index contributed by atoms with van der Waals surface area (Å²) in [6.45, 7) is 4.26. The molecule has 0 aliphatic carbocycles. The number of hydrogen-bond acceptors (Lipinski definition) is 3. The molecule has 18 heavy (non-hydrogen) atoms. The summed E-state index contributed by atoms with van der Waals surface area (Å²) in [4.78, 5) is 11.8. The van der Waals surface area contributed by atoms with E-state index in [1.54, 1.807) is 0 Å². The molecule has 1 atom stereocenters. The average molecular weight is 251 g/mol. The van der Waals surface area contributed by atoms with Gasteiger partial charge in [-0.05, 0) is 30.5 Å². The van der Waals surface area contributed by atoms with E-state index >= 15 is 0 Å².